The van der Waals surface area contributed by atoms with Crippen LogP contribution in [0.1, 0.15) is 24.0 Å². The number of rotatable bonds is 3. The van der Waals surface area contributed by atoms with Crippen LogP contribution in [0.25, 0.3) is 16.5 Å². The van der Waals surface area contributed by atoms with E-state index in [1.54, 1.807) is 6.07 Å². The molecule has 1 N–H and O–H groups in total. The Labute approximate surface area is 171 Å². The van der Waals surface area contributed by atoms with Gasteiger partial charge < -0.3 is 10.2 Å². The molecule has 3 heterocycles. The molecule has 5 nitrogen and oxygen atoms in total. The van der Waals surface area contributed by atoms with E-state index in [0.717, 1.165) is 66.6 Å². The first-order valence-electron chi connectivity index (χ1n) is 10.2. The fraction of sp³-hybridized carbons (Fsp3) is 0.304. The largest absolute Gasteiger partial charge is 0.374 e. The zero-order chi connectivity index (χ0) is 20.0. The minimum atomic E-state index is -3.68. The van der Waals surface area contributed by atoms with Gasteiger partial charge in [-0.25, -0.2) is 12.4 Å². The summed E-state index contributed by atoms with van der Waals surface area (Å²) in [5, 5.41) is 4.31. The fourth-order valence-corrected chi connectivity index (χ4v) is 5.93. The molecule has 0 atom stereocenters. The highest BCUT2D eigenvalue weighted by Gasteiger charge is 2.24. The maximum absolute atomic E-state index is 13.6. The van der Waals surface area contributed by atoms with Crippen LogP contribution in [0.4, 0.5) is 5.69 Å². The predicted octanol–water partition coefficient (Wildman–Crippen LogP) is 3.64. The summed E-state index contributed by atoms with van der Waals surface area (Å²) in [6.45, 7) is 2.74. The van der Waals surface area contributed by atoms with Crippen molar-refractivity contribution in [1.82, 2.24) is 9.29 Å². The number of hydrogen-bond donors (Lipinski definition) is 1. The van der Waals surface area contributed by atoms with Gasteiger partial charge in [0.2, 0.25) is 0 Å². The standard InChI is InChI=1S/C23H25N3O2S/c1-25-14-4-5-18-15-19(8-9-22(18)25)29(27,28)26-16-21(17-10-12-24-13-11-17)20-6-2-3-7-23(20)26/h2-3,6-10,15-16,24H,4-5,11-14H2,1H3. The number of fused-ring (bicyclic) bond motifs is 2. The topological polar surface area (TPSA) is 54.3 Å². The van der Waals surface area contributed by atoms with E-state index < -0.39 is 10.0 Å². The van der Waals surface area contributed by atoms with Crippen molar-refractivity contribution in [3.05, 3.63) is 65.9 Å². The number of para-hydroxylation sites is 1. The second-order valence-corrected chi connectivity index (χ2v) is 9.67. The second kappa shape index (κ2) is 7.04. The molecular formula is C23H25N3O2S. The third-order valence-corrected chi connectivity index (χ3v) is 7.72. The van der Waals surface area contributed by atoms with Crippen molar-refractivity contribution in [2.75, 3.05) is 31.6 Å². The smallest absolute Gasteiger partial charge is 0.268 e. The lowest BCUT2D eigenvalue weighted by atomic mass is 10.00. The number of benzene rings is 2. The normalized spacial score (nSPS) is 17.3. The van der Waals surface area contributed by atoms with E-state index in [1.807, 2.05) is 42.6 Å². The Morgan fingerprint density at radius 1 is 1.07 bits per heavy atom. The molecule has 0 saturated heterocycles. The van der Waals surface area contributed by atoms with Gasteiger partial charge in [-0.3, -0.25) is 0 Å². The summed E-state index contributed by atoms with van der Waals surface area (Å²) in [5.41, 5.74) is 5.20. The quantitative estimate of drug-likeness (QED) is 0.720. The Morgan fingerprint density at radius 3 is 2.76 bits per heavy atom. The van der Waals surface area contributed by atoms with Crippen LogP contribution in [0.15, 0.2) is 59.6 Å². The second-order valence-electron chi connectivity index (χ2n) is 7.86. The van der Waals surface area contributed by atoms with Crippen molar-refractivity contribution >= 4 is 32.2 Å². The van der Waals surface area contributed by atoms with Crippen molar-refractivity contribution in [3.8, 4) is 0 Å². The highest BCUT2D eigenvalue weighted by atomic mass is 32.2. The molecule has 0 aliphatic carbocycles. The van der Waals surface area contributed by atoms with E-state index >= 15 is 0 Å². The van der Waals surface area contributed by atoms with Gasteiger partial charge in [0.15, 0.2) is 0 Å². The summed E-state index contributed by atoms with van der Waals surface area (Å²) in [6, 6.07) is 13.3. The summed E-state index contributed by atoms with van der Waals surface area (Å²) < 4.78 is 28.7. The molecule has 0 unspecified atom stereocenters. The average Bonchev–Trinajstić information content (AvgIpc) is 3.15. The summed E-state index contributed by atoms with van der Waals surface area (Å²) in [6.07, 6.45) is 6.84. The maximum Gasteiger partial charge on any atom is 0.268 e. The molecule has 0 spiro atoms. The first-order chi connectivity index (χ1) is 14.1. The molecular weight excluding hydrogens is 382 g/mol. The van der Waals surface area contributed by atoms with Gasteiger partial charge in [-0.2, -0.15) is 0 Å². The molecule has 0 amide bonds. The van der Waals surface area contributed by atoms with E-state index in [-0.39, 0.29) is 0 Å². The molecule has 1 aromatic heterocycles. The lowest BCUT2D eigenvalue weighted by Gasteiger charge is -2.27. The molecule has 5 rings (SSSR count). The van der Waals surface area contributed by atoms with E-state index in [2.05, 4.69) is 23.3 Å². The van der Waals surface area contributed by atoms with E-state index in [1.165, 1.54) is 9.55 Å². The third-order valence-electron chi connectivity index (χ3n) is 6.05. The van der Waals surface area contributed by atoms with Gasteiger partial charge in [0.1, 0.15) is 0 Å². The lowest BCUT2D eigenvalue weighted by Crippen LogP contribution is -2.25. The Balaban J connectivity index is 1.66. The number of aryl methyl sites for hydroxylation is 1. The maximum atomic E-state index is 13.6. The van der Waals surface area contributed by atoms with Gasteiger partial charge in [-0.05, 0) is 61.2 Å². The van der Waals surface area contributed by atoms with Crippen LogP contribution in [0.5, 0.6) is 0 Å². The van der Waals surface area contributed by atoms with E-state index in [9.17, 15) is 8.42 Å². The van der Waals surface area contributed by atoms with Crippen LogP contribution in [0.2, 0.25) is 0 Å². The minimum Gasteiger partial charge on any atom is -0.374 e. The Hall–Kier alpha value is -2.57. The predicted molar refractivity (Wildman–Crippen MR) is 118 cm³/mol. The van der Waals surface area contributed by atoms with Crippen molar-refractivity contribution < 1.29 is 8.42 Å². The zero-order valence-corrected chi connectivity index (χ0v) is 17.4. The van der Waals surface area contributed by atoms with Gasteiger partial charge in [0.25, 0.3) is 10.0 Å². The summed E-state index contributed by atoms with van der Waals surface area (Å²) in [7, 11) is -1.62. The summed E-state index contributed by atoms with van der Waals surface area (Å²) >= 11 is 0. The van der Waals surface area contributed by atoms with E-state index in [4.69, 9.17) is 0 Å². The van der Waals surface area contributed by atoms with Crippen LogP contribution in [-0.4, -0.2) is 39.1 Å². The van der Waals surface area contributed by atoms with Crippen molar-refractivity contribution in [1.29, 1.82) is 0 Å². The first-order valence-corrected chi connectivity index (χ1v) is 11.6. The highest BCUT2D eigenvalue weighted by Crippen LogP contribution is 2.34. The van der Waals surface area contributed by atoms with Gasteiger partial charge in [0.05, 0.1) is 10.4 Å². The van der Waals surface area contributed by atoms with Gasteiger partial charge >= 0.3 is 0 Å². The molecule has 2 aliphatic rings. The van der Waals surface area contributed by atoms with Crippen molar-refractivity contribution in [2.45, 2.75) is 24.2 Å². The molecule has 0 saturated carbocycles. The minimum absolute atomic E-state index is 0.359. The molecule has 2 aliphatic heterocycles. The SMILES string of the molecule is CN1CCCc2cc(S(=O)(=O)n3cc(C4=CCNCC4)c4ccccc43)ccc21. The highest BCUT2D eigenvalue weighted by molar-refractivity contribution is 7.90. The molecule has 0 fully saturated rings. The Bertz CT molecular complexity index is 1220. The van der Waals surface area contributed by atoms with Crippen LogP contribution < -0.4 is 10.2 Å². The number of anilines is 1. The molecule has 0 radical (unpaired) electrons. The number of aromatic nitrogens is 1. The van der Waals surface area contributed by atoms with Crippen LogP contribution in [-0.2, 0) is 16.4 Å². The van der Waals surface area contributed by atoms with Gasteiger partial charge in [-0.1, -0.05) is 24.3 Å². The first kappa shape index (κ1) is 18.5. The molecule has 6 heteroatoms. The monoisotopic (exact) mass is 407 g/mol. The average molecular weight is 408 g/mol. The van der Waals surface area contributed by atoms with Crippen LogP contribution in [0.3, 0.4) is 0 Å². The van der Waals surface area contributed by atoms with E-state index in [0.29, 0.717) is 4.90 Å². The summed E-state index contributed by atoms with van der Waals surface area (Å²) in [4.78, 5) is 2.56. The van der Waals surface area contributed by atoms with Crippen molar-refractivity contribution in [3.63, 3.8) is 0 Å². The van der Waals surface area contributed by atoms with Crippen molar-refractivity contribution in [2.24, 2.45) is 0 Å². The molecule has 3 aromatic rings. The summed E-state index contributed by atoms with van der Waals surface area (Å²) in [5.74, 6) is 0. The molecule has 2 aromatic carbocycles. The van der Waals surface area contributed by atoms with Gasteiger partial charge in [-0.15, -0.1) is 0 Å². The number of nitrogens with one attached hydrogen (secondary N) is 1. The fourth-order valence-electron chi connectivity index (χ4n) is 4.51. The molecule has 0 bridgehead atoms. The zero-order valence-electron chi connectivity index (χ0n) is 16.6. The number of hydrogen-bond acceptors (Lipinski definition) is 4. The van der Waals surface area contributed by atoms with Crippen LogP contribution >= 0.6 is 0 Å². The van der Waals surface area contributed by atoms with Crippen LogP contribution in [0, 0.1) is 0 Å². The molecule has 29 heavy (non-hydrogen) atoms. The Morgan fingerprint density at radius 2 is 1.93 bits per heavy atom. The van der Waals surface area contributed by atoms with Gasteiger partial charge in [0, 0.05) is 43.0 Å². The molecule has 150 valence electrons. The third kappa shape index (κ3) is 3.07. The Kier molecular flexibility index (Phi) is 4.48. The number of nitrogens with zero attached hydrogens (tertiary/aromatic N) is 2. The lowest BCUT2D eigenvalue weighted by molar-refractivity contribution is 0.588.